The van der Waals surface area contributed by atoms with Crippen molar-refractivity contribution >= 4 is 17.8 Å². The Bertz CT molecular complexity index is 471. The zero-order chi connectivity index (χ0) is 14.7. The monoisotopic (exact) mass is 292 g/mol. The fraction of sp³-hybridized carbons (Fsp3) is 0.786. The molecule has 0 spiro atoms. The number of piperidine rings is 1. The van der Waals surface area contributed by atoms with E-state index in [1.165, 1.54) is 19.3 Å². The minimum Gasteiger partial charge on any atom is -0.376 e. The van der Waals surface area contributed by atoms with Gasteiger partial charge < -0.3 is 20.7 Å². The molecule has 0 aliphatic carbocycles. The predicted molar refractivity (Wildman–Crippen MR) is 82.4 cm³/mol. The molecule has 1 aromatic rings. The summed E-state index contributed by atoms with van der Waals surface area (Å²) >= 11 is 0. The zero-order valence-corrected chi connectivity index (χ0v) is 12.6. The molecule has 7 nitrogen and oxygen atoms in total. The summed E-state index contributed by atoms with van der Waals surface area (Å²) in [5, 5.41) is 3.31. The first kappa shape index (κ1) is 14.3. The normalized spacial score (nSPS) is 24.0. The van der Waals surface area contributed by atoms with Crippen molar-refractivity contribution in [2.75, 3.05) is 35.6 Å². The van der Waals surface area contributed by atoms with Crippen molar-refractivity contribution in [2.24, 2.45) is 0 Å². The molecule has 2 aliphatic rings. The van der Waals surface area contributed by atoms with Gasteiger partial charge in [-0.25, -0.2) is 0 Å². The van der Waals surface area contributed by atoms with Crippen LogP contribution in [0.5, 0.6) is 0 Å². The Kier molecular flexibility index (Phi) is 4.38. The van der Waals surface area contributed by atoms with Gasteiger partial charge in [0.25, 0.3) is 0 Å². The summed E-state index contributed by atoms with van der Waals surface area (Å²) in [4.78, 5) is 15.2. The minimum atomic E-state index is 0.170. The minimum absolute atomic E-state index is 0.170. The van der Waals surface area contributed by atoms with Crippen LogP contribution in [0, 0.1) is 0 Å². The van der Waals surface area contributed by atoms with E-state index in [-0.39, 0.29) is 18.1 Å². The number of hydrogen-bond donors (Lipinski definition) is 2. The fourth-order valence-electron chi connectivity index (χ4n) is 2.97. The lowest BCUT2D eigenvalue weighted by Gasteiger charge is -2.27. The SMILES string of the molecule is CC(Nc1nc(N)nc(N2CCCCC2)n1)C1CCCO1. The summed E-state index contributed by atoms with van der Waals surface area (Å²) in [6.45, 7) is 4.92. The van der Waals surface area contributed by atoms with Crippen LogP contribution in [0.4, 0.5) is 17.8 Å². The molecule has 0 aromatic carbocycles. The van der Waals surface area contributed by atoms with Crippen LogP contribution < -0.4 is 16.0 Å². The molecule has 0 bridgehead atoms. The Morgan fingerprint density at radius 1 is 1.19 bits per heavy atom. The van der Waals surface area contributed by atoms with Crippen LogP contribution in [0.25, 0.3) is 0 Å². The molecule has 2 fully saturated rings. The highest BCUT2D eigenvalue weighted by Gasteiger charge is 2.23. The van der Waals surface area contributed by atoms with Crippen molar-refractivity contribution in [3.63, 3.8) is 0 Å². The molecule has 3 heterocycles. The van der Waals surface area contributed by atoms with Crippen molar-refractivity contribution < 1.29 is 4.74 Å². The largest absolute Gasteiger partial charge is 0.376 e. The second-order valence-electron chi connectivity index (χ2n) is 5.85. The topological polar surface area (TPSA) is 89.2 Å². The third-order valence-corrected chi connectivity index (χ3v) is 4.16. The molecule has 2 aliphatic heterocycles. The van der Waals surface area contributed by atoms with E-state index in [2.05, 4.69) is 32.1 Å². The van der Waals surface area contributed by atoms with E-state index >= 15 is 0 Å². The first-order valence-corrected chi connectivity index (χ1v) is 7.87. The highest BCUT2D eigenvalue weighted by molar-refractivity contribution is 5.42. The Balaban J connectivity index is 1.70. The van der Waals surface area contributed by atoms with Crippen molar-refractivity contribution in [1.29, 1.82) is 0 Å². The molecule has 21 heavy (non-hydrogen) atoms. The maximum absolute atomic E-state index is 5.84. The smallest absolute Gasteiger partial charge is 0.231 e. The van der Waals surface area contributed by atoms with Crippen LogP contribution in [0.3, 0.4) is 0 Å². The molecule has 2 unspecified atom stereocenters. The first-order valence-electron chi connectivity index (χ1n) is 7.87. The van der Waals surface area contributed by atoms with Gasteiger partial charge in [-0.1, -0.05) is 0 Å². The van der Waals surface area contributed by atoms with Crippen LogP contribution in [0.1, 0.15) is 39.0 Å². The Morgan fingerprint density at radius 2 is 2.00 bits per heavy atom. The predicted octanol–water partition coefficient (Wildman–Crippen LogP) is 1.42. The van der Waals surface area contributed by atoms with E-state index in [0.29, 0.717) is 11.9 Å². The summed E-state index contributed by atoms with van der Waals surface area (Å²) in [5.41, 5.74) is 5.84. The van der Waals surface area contributed by atoms with Crippen LogP contribution in [0.15, 0.2) is 0 Å². The quantitative estimate of drug-likeness (QED) is 0.867. The molecule has 116 valence electrons. The number of rotatable bonds is 4. The van der Waals surface area contributed by atoms with Crippen molar-refractivity contribution in [3.8, 4) is 0 Å². The standard InChI is InChI=1S/C14H24N6O/c1-10(11-6-5-9-21-11)16-13-17-12(15)18-14(19-13)20-7-3-2-4-8-20/h10-11H,2-9H2,1H3,(H3,15,16,17,18,19). The number of nitrogen functional groups attached to an aromatic ring is 1. The summed E-state index contributed by atoms with van der Waals surface area (Å²) in [6, 6.07) is 0.170. The lowest BCUT2D eigenvalue weighted by atomic mass is 10.1. The van der Waals surface area contributed by atoms with Gasteiger partial charge in [0.1, 0.15) is 0 Å². The Hall–Kier alpha value is -1.63. The third kappa shape index (κ3) is 3.53. The molecule has 2 atom stereocenters. The molecule has 3 rings (SSSR count). The molecule has 0 radical (unpaired) electrons. The Morgan fingerprint density at radius 3 is 2.71 bits per heavy atom. The molecule has 1 aromatic heterocycles. The first-order chi connectivity index (χ1) is 10.2. The van der Waals surface area contributed by atoms with Crippen molar-refractivity contribution in [3.05, 3.63) is 0 Å². The second-order valence-corrected chi connectivity index (χ2v) is 5.85. The van der Waals surface area contributed by atoms with Gasteiger partial charge in [0.15, 0.2) is 0 Å². The lowest BCUT2D eigenvalue weighted by molar-refractivity contribution is 0.0994. The highest BCUT2D eigenvalue weighted by atomic mass is 16.5. The van der Waals surface area contributed by atoms with Crippen LogP contribution in [-0.4, -0.2) is 46.8 Å². The maximum atomic E-state index is 5.84. The summed E-state index contributed by atoms with van der Waals surface area (Å²) in [7, 11) is 0. The van der Waals surface area contributed by atoms with Gasteiger partial charge in [0.05, 0.1) is 12.1 Å². The lowest BCUT2D eigenvalue weighted by Crippen LogP contribution is -2.33. The van der Waals surface area contributed by atoms with E-state index < -0.39 is 0 Å². The van der Waals surface area contributed by atoms with Gasteiger partial charge in [0.2, 0.25) is 17.8 Å². The van der Waals surface area contributed by atoms with E-state index in [1.807, 2.05) is 0 Å². The zero-order valence-electron chi connectivity index (χ0n) is 12.6. The van der Waals surface area contributed by atoms with Gasteiger partial charge >= 0.3 is 0 Å². The molecular formula is C14H24N6O. The average molecular weight is 292 g/mol. The van der Waals surface area contributed by atoms with Crippen molar-refractivity contribution in [1.82, 2.24) is 15.0 Å². The van der Waals surface area contributed by atoms with E-state index in [4.69, 9.17) is 10.5 Å². The van der Waals surface area contributed by atoms with Gasteiger partial charge in [-0.15, -0.1) is 0 Å². The van der Waals surface area contributed by atoms with Crippen LogP contribution in [0.2, 0.25) is 0 Å². The van der Waals surface area contributed by atoms with Crippen LogP contribution in [-0.2, 0) is 4.74 Å². The highest BCUT2D eigenvalue weighted by Crippen LogP contribution is 2.20. The third-order valence-electron chi connectivity index (χ3n) is 4.16. The summed E-state index contributed by atoms with van der Waals surface area (Å²) in [6.07, 6.45) is 6.06. The number of ether oxygens (including phenoxy) is 1. The maximum Gasteiger partial charge on any atom is 0.231 e. The summed E-state index contributed by atoms with van der Waals surface area (Å²) in [5.74, 6) is 1.50. The van der Waals surface area contributed by atoms with E-state index in [9.17, 15) is 0 Å². The number of hydrogen-bond acceptors (Lipinski definition) is 7. The van der Waals surface area contributed by atoms with Gasteiger partial charge in [-0.3, -0.25) is 0 Å². The second kappa shape index (κ2) is 6.43. The van der Waals surface area contributed by atoms with E-state index in [1.54, 1.807) is 0 Å². The molecular weight excluding hydrogens is 268 g/mol. The van der Waals surface area contributed by atoms with Gasteiger partial charge in [0, 0.05) is 19.7 Å². The van der Waals surface area contributed by atoms with Gasteiger partial charge in [-0.2, -0.15) is 15.0 Å². The number of nitrogens with one attached hydrogen (secondary N) is 1. The molecule has 0 amide bonds. The molecule has 2 saturated heterocycles. The van der Waals surface area contributed by atoms with Crippen molar-refractivity contribution in [2.45, 2.75) is 51.2 Å². The van der Waals surface area contributed by atoms with Crippen LogP contribution >= 0.6 is 0 Å². The Labute approximate surface area is 125 Å². The van der Waals surface area contributed by atoms with Gasteiger partial charge in [-0.05, 0) is 39.0 Å². The molecule has 3 N–H and O–H groups in total. The molecule has 7 heteroatoms. The number of anilines is 3. The number of nitrogens with two attached hydrogens (primary N) is 1. The summed E-state index contributed by atoms with van der Waals surface area (Å²) < 4.78 is 5.69. The number of aromatic nitrogens is 3. The van der Waals surface area contributed by atoms with E-state index in [0.717, 1.165) is 32.5 Å². The average Bonchev–Trinajstić information content (AvgIpc) is 3.02. The fourth-order valence-corrected chi connectivity index (χ4v) is 2.97. The molecule has 0 saturated carbocycles. The number of nitrogens with zero attached hydrogens (tertiary/aromatic N) is 4.